The van der Waals surface area contributed by atoms with E-state index in [-0.39, 0.29) is 12.0 Å². The fourth-order valence-electron chi connectivity index (χ4n) is 4.13. The van der Waals surface area contributed by atoms with Gasteiger partial charge in [0.05, 0.1) is 6.54 Å². The van der Waals surface area contributed by atoms with Crippen molar-refractivity contribution in [2.75, 3.05) is 19.8 Å². The van der Waals surface area contributed by atoms with Crippen LogP contribution in [0, 0.1) is 0 Å². The number of hydrogen-bond donors (Lipinski definition) is 0. The van der Waals surface area contributed by atoms with E-state index in [1.165, 1.54) is 0 Å². The number of rotatable bonds is 5. The molecule has 0 saturated carbocycles. The Labute approximate surface area is 187 Å². The van der Waals surface area contributed by atoms with Gasteiger partial charge in [-0.2, -0.15) is 0 Å². The lowest BCUT2D eigenvalue weighted by molar-refractivity contribution is 0.0728. The first-order chi connectivity index (χ1) is 15.7. The van der Waals surface area contributed by atoms with E-state index in [9.17, 15) is 4.79 Å². The summed E-state index contributed by atoms with van der Waals surface area (Å²) in [5, 5.41) is 0. The third-order valence-corrected chi connectivity index (χ3v) is 5.67. The average Bonchev–Trinajstić information content (AvgIpc) is 3.15. The Hall–Kier alpha value is -3.64. The minimum atomic E-state index is -0.169. The molecule has 0 spiro atoms. The Bertz CT molecular complexity index is 1200. The molecule has 2 aromatic carbocycles. The van der Waals surface area contributed by atoms with Gasteiger partial charge in [0, 0.05) is 31.1 Å². The Morgan fingerprint density at radius 2 is 1.94 bits per heavy atom. The van der Waals surface area contributed by atoms with Crippen LogP contribution in [0.3, 0.4) is 0 Å². The van der Waals surface area contributed by atoms with Crippen LogP contribution in [0.1, 0.15) is 40.2 Å². The number of nitrogens with zero attached hydrogens (tertiary/aromatic N) is 3. The molecule has 1 unspecified atom stereocenters. The maximum absolute atomic E-state index is 13.2. The summed E-state index contributed by atoms with van der Waals surface area (Å²) in [4.78, 5) is 19.5. The number of ether oxygens (including phenoxy) is 2. The quantitative estimate of drug-likeness (QED) is 0.471. The lowest BCUT2D eigenvalue weighted by Crippen LogP contribution is -2.32. The van der Waals surface area contributed by atoms with Gasteiger partial charge < -0.3 is 18.8 Å². The summed E-state index contributed by atoms with van der Waals surface area (Å²) in [5.41, 5.74) is 4.31. The highest BCUT2D eigenvalue weighted by atomic mass is 16.5. The van der Waals surface area contributed by atoms with Gasteiger partial charge in [0.2, 0.25) is 0 Å². The van der Waals surface area contributed by atoms with Crippen molar-refractivity contribution in [2.24, 2.45) is 0 Å². The van der Waals surface area contributed by atoms with Crippen molar-refractivity contribution in [1.29, 1.82) is 0 Å². The number of carbonyl (C=O) groups is 1. The second-order valence-electron chi connectivity index (χ2n) is 7.78. The lowest BCUT2D eigenvalue weighted by Gasteiger charge is -2.21. The van der Waals surface area contributed by atoms with Crippen molar-refractivity contribution in [1.82, 2.24) is 14.3 Å². The van der Waals surface area contributed by atoms with Crippen LogP contribution in [0.2, 0.25) is 0 Å². The number of fused-ring (bicyclic) bond motifs is 2. The Kier molecular flexibility index (Phi) is 5.60. The highest BCUT2D eigenvalue weighted by Gasteiger charge is 2.24. The summed E-state index contributed by atoms with van der Waals surface area (Å²) >= 11 is 0. The SMILES string of the molecule is CCOC(c1ccccc1)c1ccc2c(c1)CN(C(=O)c1cn3ccccc3n1)CCO2. The maximum Gasteiger partial charge on any atom is 0.274 e. The number of amides is 1. The van der Waals surface area contributed by atoms with Gasteiger partial charge in [-0.25, -0.2) is 4.98 Å². The predicted molar refractivity (Wildman–Crippen MR) is 122 cm³/mol. The van der Waals surface area contributed by atoms with Crippen LogP contribution in [-0.4, -0.2) is 40.0 Å². The van der Waals surface area contributed by atoms with Crippen LogP contribution in [-0.2, 0) is 11.3 Å². The zero-order valence-corrected chi connectivity index (χ0v) is 18.0. The van der Waals surface area contributed by atoms with Crippen molar-refractivity contribution in [3.8, 4) is 5.75 Å². The molecule has 162 valence electrons. The van der Waals surface area contributed by atoms with Gasteiger partial charge in [-0.1, -0.05) is 42.5 Å². The van der Waals surface area contributed by atoms with Gasteiger partial charge in [0.25, 0.3) is 5.91 Å². The number of benzene rings is 2. The van der Waals surface area contributed by atoms with Gasteiger partial charge in [-0.05, 0) is 42.3 Å². The highest BCUT2D eigenvalue weighted by molar-refractivity contribution is 5.93. The summed E-state index contributed by atoms with van der Waals surface area (Å²) in [6.07, 6.45) is 3.50. The fraction of sp³-hybridized carbons (Fsp3) is 0.231. The minimum Gasteiger partial charge on any atom is -0.491 e. The van der Waals surface area contributed by atoms with Crippen molar-refractivity contribution in [3.05, 3.63) is 102 Å². The predicted octanol–water partition coefficient (Wildman–Crippen LogP) is 4.50. The van der Waals surface area contributed by atoms with Gasteiger partial charge in [-0.3, -0.25) is 4.79 Å². The van der Waals surface area contributed by atoms with Crippen LogP contribution in [0.15, 0.2) is 79.1 Å². The molecule has 0 aliphatic carbocycles. The first-order valence-electron chi connectivity index (χ1n) is 10.9. The molecule has 6 nitrogen and oxygen atoms in total. The molecule has 32 heavy (non-hydrogen) atoms. The summed E-state index contributed by atoms with van der Waals surface area (Å²) in [6, 6.07) is 22.0. The number of imidazole rings is 1. The standard InChI is InChI=1S/C26H25N3O3/c1-2-31-25(19-8-4-3-5-9-19)20-11-12-23-21(16-20)17-29(14-15-32-23)26(30)22-18-28-13-7-6-10-24(28)27-22/h3-13,16,18,25H,2,14-15,17H2,1H3. The molecule has 3 heterocycles. The number of pyridine rings is 1. The molecule has 0 fully saturated rings. The first-order valence-corrected chi connectivity index (χ1v) is 10.9. The van der Waals surface area contributed by atoms with Gasteiger partial charge >= 0.3 is 0 Å². The Morgan fingerprint density at radius 3 is 2.75 bits per heavy atom. The van der Waals surface area contributed by atoms with Crippen molar-refractivity contribution >= 4 is 11.6 Å². The third-order valence-electron chi connectivity index (χ3n) is 5.67. The molecule has 1 aliphatic rings. The van der Waals surface area contributed by atoms with E-state index < -0.39 is 0 Å². The van der Waals surface area contributed by atoms with Crippen LogP contribution in [0.25, 0.3) is 5.65 Å². The number of carbonyl (C=O) groups excluding carboxylic acids is 1. The van der Waals surface area contributed by atoms with E-state index in [0.29, 0.717) is 32.0 Å². The topological polar surface area (TPSA) is 56.1 Å². The minimum absolute atomic E-state index is 0.0972. The normalized spacial score (nSPS) is 14.5. The van der Waals surface area contributed by atoms with Crippen LogP contribution < -0.4 is 4.74 Å². The van der Waals surface area contributed by atoms with Crippen LogP contribution in [0.4, 0.5) is 0 Å². The van der Waals surface area contributed by atoms with E-state index >= 15 is 0 Å². The average molecular weight is 428 g/mol. The highest BCUT2D eigenvalue weighted by Crippen LogP contribution is 2.32. The monoisotopic (exact) mass is 427 g/mol. The zero-order valence-electron chi connectivity index (χ0n) is 18.0. The largest absolute Gasteiger partial charge is 0.491 e. The summed E-state index contributed by atoms with van der Waals surface area (Å²) in [5.74, 6) is 0.710. The molecular weight excluding hydrogens is 402 g/mol. The Balaban J connectivity index is 1.44. The third kappa shape index (κ3) is 3.97. The van der Waals surface area contributed by atoms with Crippen molar-refractivity contribution < 1.29 is 14.3 Å². The maximum atomic E-state index is 13.2. The zero-order chi connectivity index (χ0) is 21.9. The molecule has 0 bridgehead atoms. The molecule has 1 amide bonds. The molecule has 1 atom stereocenters. The molecule has 4 aromatic rings. The second-order valence-corrected chi connectivity index (χ2v) is 7.78. The molecule has 2 aromatic heterocycles. The van der Waals surface area contributed by atoms with E-state index in [1.807, 2.05) is 66.1 Å². The van der Waals surface area contributed by atoms with Crippen molar-refractivity contribution in [2.45, 2.75) is 19.6 Å². The van der Waals surface area contributed by atoms with Gasteiger partial charge in [0.15, 0.2) is 0 Å². The molecule has 0 radical (unpaired) electrons. The summed E-state index contributed by atoms with van der Waals surface area (Å²) in [6.45, 7) is 4.01. The van der Waals surface area contributed by atoms with Crippen molar-refractivity contribution in [3.63, 3.8) is 0 Å². The first kappa shape index (κ1) is 20.3. The molecule has 0 saturated heterocycles. The summed E-state index contributed by atoms with van der Waals surface area (Å²) < 4.78 is 13.9. The van der Waals surface area contributed by atoms with Gasteiger partial charge in [-0.15, -0.1) is 0 Å². The Morgan fingerprint density at radius 1 is 1.09 bits per heavy atom. The second kappa shape index (κ2) is 8.85. The smallest absolute Gasteiger partial charge is 0.274 e. The lowest BCUT2D eigenvalue weighted by atomic mass is 9.98. The molecule has 5 rings (SSSR count). The number of aromatic nitrogens is 2. The molecular formula is C26H25N3O3. The van der Waals surface area contributed by atoms with Gasteiger partial charge in [0.1, 0.15) is 29.8 Å². The van der Waals surface area contributed by atoms with Crippen LogP contribution in [0.5, 0.6) is 5.75 Å². The van der Waals surface area contributed by atoms with E-state index in [2.05, 4.69) is 23.2 Å². The van der Waals surface area contributed by atoms with E-state index in [0.717, 1.165) is 28.1 Å². The number of hydrogen-bond acceptors (Lipinski definition) is 4. The summed E-state index contributed by atoms with van der Waals surface area (Å²) in [7, 11) is 0. The molecule has 1 aliphatic heterocycles. The van der Waals surface area contributed by atoms with E-state index in [4.69, 9.17) is 9.47 Å². The van der Waals surface area contributed by atoms with E-state index in [1.54, 1.807) is 11.1 Å². The molecule has 6 heteroatoms. The molecule has 0 N–H and O–H groups in total. The fourth-order valence-corrected chi connectivity index (χ4v) is 4.13. The van der Waals surface area contributed by atoms with Crippen LogP contribution >= 0.6 is 0 Å².